The van der Waals surface area contributed by atoms with Crippen molar-refractivity contribution in [2.75, 3.05) is 13.6 Å². The average Bonchev–Trinajstić information content (AvgIpc) is 2.80. The number of likely N-dealkylation sites (N-methyl/N-ethyl adjacent to an activating group) is 1. The minimum Gasteiger partial charge on any atom is -0.329 e. The van der Waals surface area contributed by atoms with Gasteiger partial charge in [0.05, 0.1) is 10.4 Å². The zero-order valence-corrected chi connectivity index (χ0v) is 12.5. The summed E-state index contributed by atoms with van der Waals surface area (Å²) in [5.41, 5.74) is 6.01. The molecule has 0 spiro atoms. The molecule has 1 unspecified atom stereocenters. The van der Waals surface area contributed by atoms with Crippen LogP contribution in [-0.4, -0.2) is 18.5 Å². The zero-order valence-electron chi connectivity index (χ0n) is 10.9. The smallest absolute Gasteiger partial charge is 0.128 e. The van der Waals surface area contributed by atoms with Gasteiger partial charge < -0.3 is 5.73 Å². The summed E-state index contributed by atoms with van der Waals surface area (Å²) in [5.74, 6) is -0.912. The molecule has 1 aromatic carbocycles. The van der Waals surface area contributed by atoms with Gasteiger partial charge in [-0.1, -0.05) is 11.6 Å². The van der Waals surface area contributed by atoms with Gasteiger partial charge in [0.2, 0.25) is 0 Å². The first-order valence-electron chi connectivity index (χ1n) is 6.10. The molecular weight excluding hydrogens is 302 g/mol. The van der Waals surface area contributed by atoms with Crippen LogP contribution in [0.1, 0.15) is 16.5 Å². The Balaban J connectivity index is 2.20. The molecule has 0 fully saturated rings. The van der Waals surface area contributed by atoms with Crippen LogP contribution in [0.25, 0.3) is 0 Å². The molecule has 0 radical (unpaired) electrons. The largest absolute Gasteiger partial charge is 0.329 e. The second kappa shape index (κ2) is 6.63. The summed E-state index contributed by atoms with van der Waals surface area (Å²) in [7, 11) is 1.83. The second-order valence-electron chi connectivity index (χ2n) is 4.54. The van der Waals surface area contributed by atoms with Crippen LogP contribution in [0.2, 0.25) is 4.34 Å². The molecule has 0 saturated carbocycles. The SMILES string of the molecule is CN(Cc1ccc(Cl)s1)C(CN)c1cc(F)ccc1F. The maximum Gasteiger partial charge on any atom is 0.128 e. The van der Waals surface area contributed by atoms with Crippen LogP contribution >= 0.6 is 22.9 Å². The number of nitrogens with zero attached hydrogens (tertiary/aromatic N) is 1. The molecule has 0 saturated heterocycles. The van der Waals surface area contributed by atoms with E-state index >= 15 is 0 Å². The van der Waals surface area contributed by atoms with Gasteiger partial charge in [-0.05, 0) is 37.4 Å². The molecule has 0 aliphatic heterocycles. The van der Waals surface area contributed by atoms with E-state index in [0.717, 1.165) is 17.0 Å². The third kappa shape index (κ3) is 3.55. The molecule has 1 atom stereocenters. The maximum absolute atomic E-state index is 13.8. The summed E-state index contributed by atoms with van der Waals surface area (Å²) in [6, 6.07) is 6.78. The molecule has 1 aromatic heterocycles. The fraction of sp³-hybridized carbons (Fsp3) is 0.286. The third-order valence-corrected chi connectivity index (χ3v) is 4.32. The number of thiophene rings is 1. The molecule has 2 rings (SSSR count). The predicted octanol–water partition coefficient (Wildman–Crippen LogP) is 3.81. The average molecular weight is 317 g/mol. The van der Waals surface area contributed by atoms with Crippen LogP contribution in [0.15, 0.2) is 30.3 Å². The van der Waals surface area contributed by atoms with Crippen LogP contribution in [0.3, 0.4) is 0 Å². The highest BCUT2D eigenvalue weighted by Gasteiger charge is 2.20. The first-order valence-corrected chi connectivity index (χ1v) is 7.30. The van der Waals surface area contributed by atoms with Gasteiger partial charge >= 0.3 is 0 Å². The predicted molar refractivity (Wildman–Crippen MR) is 78.9 cm³/mol. The number of rotatable bonds is 5. The van der Waals surface area contributed by atoms with E-state index < -0.39 is 11.6 Å². The Hall–Kier alpha value is -1.01. The van der Waals surface area contributed by atoms with Crippen LogP contribution in [0.5, 0.6) is 0 Å². The van der Waals surface area contributed by atoms with Gasteiger partial charge in [0.25, 0.3) is 0 Å². The van der Waals surface area contributed by atoms with Crippen molar-refractivity contribution in [2.45, 2.75) is 12.6 Å². The van der Waals surface area contributed by atoms with Gasteiger partial charge in [-0.15, -0.1) is 11.3 Å². The lowest BCUT2D eigenvalue weighted by Gasteiger charge is -2.27. The molecule has 2 nitrogen and oxygen atoms in total. The van der Waals surface area contributed by atoms with E-state index in [4.69, 9.17) is 17.3 Å². The molecular formula is C14H15ClF2N2S. The number of hydrogen-bond donors (Lipinski definition) is 1. The fourth-order valence-electron chi connectivity index (χ4n) is 2.11. The normalized spacial score (nSPS) is 12.9. The Kier molecular flexibility index (Phi) is 5.10. The molecule has 0 aliphatic rings. The highest BCUT2D eigenvalue weighted by molar-refractivity contribution is 7.16. The first kappa shape index (κ1) is 15.4. The maximum atomic E-state index is 13.8. The van der Waals surface area contributed by atoms with Crippen molar-refractivity contribution in [3.05, 3.63) is 56.7 Å². The van der Waals surface area contributed by atoms with Gasteiger partial charge in [0, 0.05) is 23.5 Å². The minimum absolute atomic E-state index is 0.204. The van der Waals surface area contributed by atoms with Crippen molar-refractivity contribution in [3.8, 4) is 0 Å². The van der Waals surface area contributed by atoms with Gasteiger partial charge in [-0.3, -0.25) is 4.90 Å². The number of hydrogen-bond acceptors (Lipinski definition) is 3. The van der Waals surface area contributed by atoms with Crippen molar-refractivity contribution in [3.63, 3.8) is 0 Å². The molecule has 2 N–H and O–H groups in total. The number of halogens is 3. The summed E-state index contributed by atoms with van der Waals surface area (Å²) < 4.78 is 27.8. The zero-order chi connectivity index (χ0) is 14.7. The Morgan fingerprint density at radius 1 is 1.30 bits per heavy atom. The van der Waals surface area contributed by atoms with E-state index in [0.29, 0.717) is 10.9 Å². The molecule has 1 heterocycles. The van der Waals surface area contributed by atoms with Gasteiger partial charge in [-0.25, -0.2) is 8.78 Å². The topological polar surface area (TPSA) is 29.3 Å². The van der Waals surface area contributed by atoms with E-state index in [-0.39, 0.29) is 18.2 Å². The van der Waals surface area contributed by atoms with Crippen molar-refractivity contribution in [1.82, 2.24) is 4.90 Å². The molecule has 20 heavy (non-hydrogen) atoms. The standard InChI is InChI=1S/C14H15ClF2N2S/c1-19(8-10-3-5-14(15)20-10)13(7-18)11-6-9(16)2-4-12(11)17/h2-6,13H,7-8,18H2,1H3. The Labute approximate surface area is 125 Å². The summed E-state index contributed by atoms with van der Waals surface area (Å²) >= 11 is 7.35. The fourth-order valence-corrected chi connectivity index (χ4v) is 3.26. The highest BCUT2D eigenvalue weighted by Crippen LogP contribution is 2.27. The van der Waals surface area contributed by atoms with Crippen molar-refractivity contribution >= 4 is 22.9 Å². The quantitative estimate of drug-likeness (QED) is 0.909. The minimum atomic E-state index is -0.465. The molecule has 2 aromatic rings. The molecule has 0 aliphatic carbocycles. The number of nitrogens with two attached hydrogens (primary N) is 1. The third-order valence-electron chi connectivity index (χ3n) is 3.11. The van der Waals surface area contributed by atoms with E-state index in [9.17, 15) is 8.78 Å². The lowest BCUT2D eigenvalue weighted by atomic mass is 10.0. The van der Waals surface area contributed by atoms with Crippen molar-refractivity contribution < 1.29 is 8.78 Å². The van der Waals surface area contributed by atoms with Crippen LogP contribution in [0, 0.1) is 11.6 Å². The van der Waals surface area contributed by atoms with Gasteiger partial charge in [0.15, 0.2) is 0 Å². The molecule has 0 bridgehead atoms. The summed E-state index contributed by atoms with van der Waals surface area (Å²) in [5, 5.41) is 0. The summed E-state index contributed by atoms with van der Waals surface area (Å²) in [4.78, 5) is 2.94. The van der Waals surface area contributed by atoms with Crippen LogP contribution < -0.4 is 5.73 Å². The van der Waals surface area contributed by atoms with Gasteiger partial charge in [0.1, 0.15) is 11.6 Å². The molecule has 6 heteroatoms. The lowest BCUT2D eigenvalue weighted by molar-refractivity contribution is 0.238. The highest BCUT2D eigenvalue weighted by atomic mass is 35.5. The summed E-state index contributed by atoms with van der Waals surface area (Å²) in [6.07, 6.45) is 0. The van der Waals surface area contributed by atoms with E-state index in [1.54, 1.807) is 0 Å². The van der Waals surface area contributed by atoms with Gasteiger partial charge in [-0.2, -0.15) is 0 Å². The number of benzene rings is 1. The monoisotopic (exact) mass is 316 g/mol. The van der Waals surface area contributed by atoms with E-state index in [1.807, 2.05) is 24.1 Å². The second-order valence-corrected chi connectivity index (χ2v) is 6.34. The van der Waals surface area contributed by atoms with E-state index in [1.165, 1.54) is 17.4 Å². The first-order chi connectivity index (χ1) is 9.51. The summed E-state index contributed by atoms with van der Waals surface area (Å²) in [6.45, 7) is 0.783. The van der Waals surface area contributed by atoms with Crippen LogP contribution in [0.4, 0.5) is 8.78 Å². The van der Waals surface area contributed by atoms with E-state index in [2.05, 4.69) is 0 Å². The Morgan fingerprint density at radius 2 is 2.05 bits per heavy atom. The molecule has 108 valence electrons. The van der Waals surface area contributed by atoms with Crippen molar-refractivity contribution in [2.24, 2.45) is 5.73 Å². The Bertz CT molecular complexity index is 588. The Morgan fingerprint density at radius 3 is 2.65 bits per heavy atom. The lowest BCUT2D eigenvalue weighted by Crippen LogP contribution is -2.30. The van der Waals surface area contributed by atoms with Crippen molar-refractivity contribution in [1.29, 1.82) is 0 Å². The molecule has 0 amide bonds. The van der Waals surface area contributed by atoms with Crippen LogP contribution in [-0.2, 0) is 6.54 Å².